The topological polar surface area (TPSA) is 83.5 Å². The maximum Gasteiger partial charge on any atom is 0.303 e. The first kappa shape index (κ1) is 16.9. The first-order chi connectivity index (χ1) is 11.0. The van der Waals surface area contributed by atoms with Crippen molar-refractivity contribution in [2.45, 2.75) is 24.7 Å². The normalized spacial score (nSPS) is 11.7. The number of aryl methyl sites for hydroxylation is 1. The molecule has 0 saturated heterocycles. The van der Waals surface area contributed by atoms with E-state index in [4.69, 9.17) is 5.11 Å². The van der Waals surface area contributed by atoms with Crippen LogP contribution < -0.4 is 4.72 Å². The molecule has 1 atom stereocenters. The van der Waals surface area contributed by atoms with E-state index in [2.05, 4.69) is 4.72 Å². The summed E-state index contributed by atoms with van der Waals surface area (Å²) in [6.07, 6.45) is -0.215. The minimum Gasteiger partial charge on any atom is -0.481 e. The van der Waals surface area contributed by atoms with Crippen LogP contribution in [0.5, 0.6) is 0 Å². The van der Waals surface area contributed by atoms with E-state index in [0.29, 0.717) is 16.1 Å². The zero-order valence-corrected chi connectivity index (χ0v) is 13.4. The summed E-state index contributed by atoms with van der Waals surface area (Å²) in [6, 6.07) is 13.9. The molecular formula is C17H17NO4S. The molecule has 0 aliphatic carbocycles. The summed E-state index contributed by atoms with van der Waals surface area (Å²) >= 11 is 0. The molecule has 0 amide bonds. The summed E-state index contributed by atoms with van der Waals surface area (Å²) in [5.74, 6) is -1.22. The summed E-state index contributed by atoms with van der Waals surface area (Å²) in [6.45, 7) is 1.96. The molecule has 0 aromatic heterocycles. The van der Waals surface area contributed by atoms with Crippen LogP contribution in [0.15, 0.2) is 53.4 Å². The molecule has 2 N–H and O–H groups in total. The van der Waals surface area contributed by atoms with Crippen LogP contribution in [0.3, 0.4) is 0 Å². The number of benzene rings is 2. The van der Waals surface area contributed by atoms with Crippen LogP contribution >= 0.6 is 0 Å². The number of hydrogen-bond donors (Lipinski definition) is 2. The first-order valence-corrected chi connectivity index (χ1v) is 8.21. The van der Waals surface area contributed by atoms with Gasteiger partial charge in [-0.15, -0.1) is 0 Å². The fourth-order valence-corrected chi connectivity index (χ4v) is 2.77. The number of carbonyl (C=O) groups excluding carboxylic acids is 1. The quantitative estimate of drug-likeness (QED) is 0.763. The van der Waals surface area contributed by atoms with Crippen LogP contribution in [0.4, 0.5) is 5.69 Å². The van der Waals surface area contributed by atoms with Gasteiger partial charge >= 0.3 is 5.97 Å². The van der Waals surface area contributed by atoms with E-state index in [1.165, 1.54) is 0 Å². The number of aliphatic carboxylic acids is 1. The van der Waals surface area contributed by atoms with Crippen molar-refractivity contribution in [1.82, 2.24) is 0 Å². The van der Waals surface area contributed by atoms with Gasteiger partial charge in [-0.1, -0.05) is 17.7 Å². The molecule has 2 aromatic carbocycles. The molecule has 5 nitrogen and oxygen atoms in total. The Balaban J connectivity index is 1.99. The largest absolute Gasteiger partial charge is 0.481 e. The van der Waals surface area contributed by atoms with Gasteiger partial charge in [0.2, 0.25) is 0 Å². The van der Waals surface area contributed by atoms with Gasteiger partial charge in [-0.25, -0.2) is 4.21 Å². The highest BCUT2D eigenvalue weighted by Gasteiger charge is 2.09. The maximum atomic E-state index is 12.2. The van der Waals surface area contributed by atoms with Crippen LogP contribution in [-0.2, 0) is 15.8 Å². The number of carboxylic acid groups (broad SMARTS) is 1. The molecule has 0 spiro atoms. The SMILES string of the molecule is Cc1ccc(S(=O)Nc2ccc(C(=O)CCC(=O)O)cc2)cc1. The van der Waals surface area contributed by atoms with E-state index in [-0.39, 0.29) is 18.6 Å². The Kier molecular flexibility index (Phi) is 5.65. The van der Waals surface area contributed by atoms with Gasteiger partial charge < -0.3 is 9.83 Å². The van der Waals surface area contributed by atoms with E-state index >= 15 is 0 Å². The van der Waals surface area contributed by atoms with Gasteiger partial charge in [0, 0.05) is 17.7 Å². The number of nitrogens with one attached hydrogen (secondary N) is 1. The number of hydrogen-bond acceptors (Lipinski definition) is 3. The highest BCUT2D eigenvalue weighted by atomic mass is 32.2. The number of anilines is 1. The molecule has 0 bridgehead atoms. The summed E-state index contributed by atoms with van der Waals surface area (Å²) in [7, 11) is -1.38. The van der Waals surface area contributed by atoms with E-state index in [9.17, 15) is 13.8 Å². The molecule has 0 fully saturated rings. The van der Waals surface area contributed by atoms with Crippen LogP contribution in [0, 0.1) is 6.92 Å². The lowest BCUT2D eigenvalue weighted by Crippen LogP contribution is -2.06. The van der Waals surface area contributed by atoms with Crippen LogP contribution in [-0.4, -0.2) is 21.1 Å². The van der Waals surface area contributed by atoms with Crippen LogP contribution in [0.2, 0.25) is 0 Å². The molecule has 120 valence electrons. The van der Waals surface area contributed by atoms with Crippen molar-refractivity contribution in [1.29, 1.82) is 0 Å². The number of carboxylic acids is 1. The highest BCUT2D eigenvalue weighted by Crippen LogP contribution is 2.15. The molecule has 2 aromatic rings. The Morgan fingerprint density at radius 2 is 1.61 bits per heavy atom. The Morgan fingerprint density at radius 3 is 2.17 bits per heavy atom. The Labute approximate surface area is 136 Å². The summed E-state index contributed by atoms with van der Waals surface area (Å²) in [5.41, 5.74) is 2.16. The van der Waals surface area contributed by atoms with Crippen molar-refractivity contribution in [3.8, 4) is 0 Å². The molecule has 1 unspecified atom stereocenters. The minimum absolute atomic E-state index is 0.0304. The highest BCUT2D eigenvalue weighted by molar-refractivity contribution is 7.86. The lowest BCUT2D eigenvalue weighted by Gasteiger charge is -2.07. The number of rotatable bonds is 7. The molecule has 0 saturated carbocycles. The van der Waals surface area contributed by atoms with E-state index in [0.717, 1.165) is 5.56 Å². The fourth-order valence-electron chi connectivity index (χ4n) is 1.92. The second-order valence-electron chi connectivity index (χ2n) is 5.08. The third kappa shape index (κ3) is 5.03. The summed E-state index contributed by atoms with van der Waals surface area (Å²) < 4.78 is 15.1. The van der Waals surface area contributed by atoms with Gasteiger partial charge in [0.05, 0.1) is 11.3 Å². The third-order valence-electron chi connectivity index (χ3n) is 3.22. The van der Waals surface area contributed by atoms with E-state index in [1.54, 1.807) is 36.4 Å². The molecule has 2 rings (SSSR count). The van der Waals surface area contributed by atoms with Crippen LogP contribution in [0.1, 0.15) is 28.8 Å². The van der Waals surface area contributed by atoms with E-state index in [1.807, 2.05) is 19.1 Å². The zero-order valence-electron chi connectivity index (χ0n) is 12.6. The molecule has 0 radical (unpaired) electrons. The van der Waals surface area contributed by atoms with Crippen molar-refractivity contribution < 1.29 is 18.9 Å². The predicted octanol–water partition coefficient (Wildman–Crippen LogP) is 3.18. The van der Waals surface area contributed by atoms with Crippen molar-refractivity contribution in [2.24, 2.45) is 0 Å². The average molecular weight is 331 g/mol. The summed E-state index contributed by atoms with van der Waals surface area (Å²) in [4.78, 5) is 22.9. The van der Waals surface area contributed by atoms with E-state index < -0.39 is 17.0 Å². The van der Waals surface area contributed by atoms with Gasteiger partial charge in [0.25, 0.3) is 0 Å². The standard InChI is InChI=1S/C17H17NO4S/c1-12-2-8-15(9-3-12)23(22)18-14-6-4-13(5-7-14)16(19)10-11-17(20)21/h2-9,18H,10-11H2,1H3,(H,20,21). The number of ketones is 1. The molecule has 6 heteroatoms. The molecule has 0 heterocycles. The van der Waals surface area contributed by atoms with Gasteiger partial charge in [-0.2, -0.15) is 0 Å². The molecule has 0 aliphatic heterocycles. The lowest BCUT2D eigenvalue weighted by molar-refractivity contribution is -0.136. The number of carbonyl (C=O) groups is 2. The van der Waals surface area contributed by atoms with Gasteiger partial charge in [0.15, 0.2) is 5.78 Å². The fraction of sp³-hybridized carbons (Fsp3) is 0.176. The Morgan fingerprint density at radius 1 is 1.00 bits per heavy atom. The van der Waals surface area contributed by atoms with Crippen molar-refractivity contribution in [3.63, 3.8) is 0 Å². The van der Waals surface area contributed by atoms with Crippen LogP contribution in [0.25, 0.3) is 0 Å². The smallest absolute Gasteiger partial charge is 0.303 e. The van der Waals surface area contributed by atoms with Crippen molar-refractivity contribution in [3.05, 3.63) is 59.7 Å². The van der Waals surface area contributed by atoms with Crippen molar-refractivity contribution >= 4 is 28.4 Å². The van der Waals surface area contributed by atoms with Crippen molar-refractivity contribution in [2.75, 3.05) is 4.72 Å². The first-order valence-electron chi connectivity index (χ1n) is 7.06. The summed E-state index contributed by atoms with van der Waals surface area (Å²) in [5, 5.41) is 8.58. The number of Topliss-reactive ketones (excluding diaryl/α,β-unsaturated/α-hetero) is 1. The van der Waals surface area contributed by atoms with Gasteiger partial charge in [-0.3, -0.25) is 9.59 Å². The molecule has 23 heavy (non-hydrogen) atoms. The predicted molar refractivity (Wildman–Crippen MR) is 88.9 cm³/mol. The second kappa shape index (κ2) is 7.69. The zero-order chi connectivity index (χ0) is 16.8. The maximum absolute atomic E-state index is 12.2. The van der Waals surface area contributed by atoms with Gasteiger partial charge in [-0.05, 0) is 43.3 Å². The monoisotopic (exact) mass is 331 g/mol. The lowest BCUT2D eigenvalue weighted by atomic mass is 10.1. The minimum atomic E-state index is -1.38. The average Bonchev–Trinajstić information content (AvgIpc) is 2.54. The third-order valence-corrected chi connectivity index (χ3v) is 4.34. The van der Waals surface area contributed by atoms with Gasteiger partial charge in [0.1, 0.15) is 11.0 Å². The molecular weight excluding hydrogens is 314 g/mol. The Hall–Kier alpha value is -2.47. The Bertz CT molecular complexity index is 723. The molecule has 0 aliphatic rings. The second-order valence-corrected chi connectivity index (χ2v) is 6.29.